The summed E-state index contributed by atoms with van der Waals surface area (Å²) in [5, 5.41) is 3.31. The Morgan fingerprint density at radius 2 is 1.63 bits per heavy atom. The molecule has 3 aromatic carbocycles. The van der Waals surface area contributed by atoms with Crippen molar-refractivity contribution in [3.8, 4) is 5.75 Å². The number of rotatable bonds is 14. The molecule has 3 rings (SSSR count). The monoisotopic (exact) mass is 599 g/mol. The molecule has 0 spiro atoms. The van der Waals surface area contributed by atoms with Crippen LogP contribution in [-0.4, -0.2) is 50.9 Å². The smallest absolute Gasteiger partial charge is 0.264 e. The van der Waals surface area contributed by atoms with Crippen LogP contribution in [0, 0.1) is 6.92 Å². The average Bonchev–Trinajstić information content (AvgIpc) is 2.96. The second-order valence-electron chi connectivity index (χ2n) is 9.66. The average molecular weight is 600 g/mol. The van der Waals surface area contributed by atoms with Gasteiger partial charge in [0.05, 0.1) is 17.2 Å². The maximum Gasteiger partial charge on any atom is 0.264 e. The summed E-state index contributed by atoms with van der Waals surface area (Å²) in [4.78, 5) is 28.6. The van der Waals surface area contributed by atoms with Crippen LogP contribution < -0.4 is 14.4 Å². The van der Waals surface area contributed by atoms with E-state index in [4.69, 9.17) is 16.3 Å². The molecule has 8 nitrogen and oxygen atoms in total. The van der Waals surface area contributed by atoms with Gasteiger partial charge in [0.2, 0.25) is 11.8 Å². The van der Waals surface area contributed by atoms with E-state index in [0.29, 0.717) is 29.5 Å². The minimum atomic E-state index is -4.21. The molecule has 41 heavy (non-hydrogen) atoms. The van der Waals surface area contributed by atoms with Crippen molar-refractivity contribution in [1.82, 2.24) is 10.2 Å². The van der Waals surface area contributed by atoms with Gasteiger partial charge < -0.3 is 15.0 Å². The molecule has 1 N–H and O–H groups in total. The number of halogens is 1. The number of benzene rings is 3. The van der Waals surface area contributed by atoms with Gasteiger partial charge in [-0.3, -0.25) is 13.9 Å². The van der Waals surface area contributed by atoms with E-state index in [9.17, 15) is 18.0 Å². The van der Waals surface area contributed by atoms with E-state index < -0.39 is 28.5 Å². The van der Waals surface area contributed by atoms with Gasteiger partial charge in [-0.25, -0.2) is 8.42 Å². The number of ether oxygens (including phenoxy) is 1. The molecular weight excluding hydrogens is 562 g/mol. The zero-order chi connectivity index (χ0) is 30.0. The van der Waals surface area contributed by atoms with Crippen molar-refractivity contribution in [3.63, 3.8) is 0 Å². The number of unbranched alkanes of at least 4 members (excludes halogenated alkanes) is 1. The highest BCUT2D eigenvalue weighted by Gasteiger charge is 2.34. The highest BCUT2D eigenvalue weighted by atomic mass is 35.5. The van der Waals surface area contributed by atoms with Crippen molar-refractivity contribution in [2.45, 2.75) is 58.0 Å². The predicted octanol–water partition coefficient (Wildman–Crippen LogP) is 5.58. The Hall–Kier alpha value is -3.56. The van der Waals surface area contributed by atoms with E-state index in [1.165, 1.54) is 17.0 Å². The van der Waals surface area contributed by atoms with Crippen molar-refractivity contribution in [1.29, 1.82) is 0 Å². The molecule has 0 fully saturated rings. The Kier molecular flexibility index (Phi) is 11.6. The third-order valence-electron chi connectivity index (χ3n) is 6.62. The lowest BCUT2D eigenvalue weighted by Gasteiger charge is -2.32. The summed E-state index contributed by atoms with van der Waals surface area (Å²) in [6, 6.07) is 19.3. The number of carbonyl (C=O) groups is 2. The van der Waals surface area contributed by atoms with Gasteiger partial charge in [-0.2, -0.15) is 0 Å². The van der Waals surface area contributed by atoms with Gasteiger partial charge in [0.25, 0.3) is 10.0 Å². The Bertz CT molecular complexity index is 1430. The Labute approximate surface area is 248 Å². The molecule has 0 aromatic heterocycles. The van der Waals surface area contributed by atoms with Gasteiger partial charge in [0.15, 0.2) is 0 Å². The van der Waals surface area contributed by atoms with Crippen LogP contribution in [0.4, 0.5) is 5.69 Å². The molecule has 0 aliphatic rings. The Morgan fingerprint density at radius 3 is 2.29 bits per heavy atom. The molecular formula is C31H38ClN3O5S. The van der Waals surface area contributed by atoms with Gasteiger partial charge in [-0.1, -0.05) is 73.0 Å². The van der Waals surface area contributed by atoms with Crippen LogP contribution in [0.3, 0.4) is 0 Å². The lowest BCUT2D eigenvalue weighted by Crippen LogP contribution is -2.51. The lowest BCUT2D eigenvalue weighted by atomic mass is 10.1. The van der Waals surface area contributed by atoms with Gasteiger partial charge in [-0.05, 0) is 63.1 Å². The first kappa shape index (κ1) is 32.0. The molecule has 0 aliphatic heterocycles. The standard InChI is InChI=1S/C31H38ClN3O5S/c1-5-7-20-33-31(37)24(4)34(21-25-12-8-9-13-27(25)32)30(36)22-35(28-14-10-11-15-29(28)40-6-2)41(38,39)26-18-16-23(3)17-19-26/h8-19,24H,5-7,20-22H2,1-4H3,(H,33,37)/t24-/m1/s1. The van der Waals surface area contributed by atoms with Crippen molar-refractivity contribution < 1.29 is 22.7 Å². The van der Waals surface area contributed by atoms with E-state index in [2.05, 4.69) is 5.32 Å². The summed E-state index contributed by atoms with van der Waals surface area (Å²) in [6.45, 7) is 7.55. The SMILES string of the molecule is CCCCNC(=O)[C@@H](C)N(Cc1ccccc1Cl)C(=O)CN(c1ccccc1OCC)S(=O)(=O)c1ccc(C)cc1. The lowest BCUT2D eigenvalue weighted by molar-refractivity contribution is -0.139. The van der Waals surface area contributed by atoms with Gasteiger partial charge in [0, 0.05) is 18.1 Å². The highest BCUT2D eigenvalue weighted by molar-refractivity contribution is 7.92. The van der Waals surface area contributed by atoms with Crippen LogP contribution in [0.15, 0.2) is 77.7 Å². The zero-order valence-electron chi connectivity index (χ0n) is 24.0. The van der Waals surface area contributed by atoms with Crippen LogP contribution in [0.5, 0.6) is 5.75 Å². The molecule has 0 saturated heterocycles. The van der Waals surface area contributed by atoms with E-state index in [0.717, 1.165) is 22.7 Å². The van der Waals surface area contributed by atoms with Gasteiger partial charge >= 0.3 is 0 Å². The van der Waals surface area contributed by atoms with Crippen LogP contribution >= 0.6 is 11.6 Å². The number of sulfonamides is 1. The van der Waals surface area contributed by atoms with E-state index >= 15 is 0 Å². The number of amides is 2. The summed E-state index contributed by atoms with van der Waals surface area (Å²) in [5.41, 5.74) is 1.76. The summed E-state index contributed by atoms with van der Waals surface area (Å²) >= 11 is 6.42. The van der Waals surface area contributed by atoms with Crippen molar-refractivity contribution in [2.24, 2.45) is 0 Å². The van der Waals surface area contributed by atoms with Crippen LogP contribution in [0.1, 0.15) is 44.7 Å². The number of nitrogens with one attached hydrogen (secondary N) is 1. The number of hydrogen-bond donors (Lipinski definition) is 1. The fraction of sp³-hybridized carbons (Fsp3) is 0.355. The number of aryl methyl sites for hydroxylation is 1. The third kappa shape index (κ3) is 8.24. The molecule has 2 amide bonds. The van der Waals surface area contributed by atoms with Gasteiger partial charge in [0.1, 0.15) is 18.3 Å². The third-order valence-corrected chi connectivity index (χ3v) is 8.76. The first-order valence-corrected chi connectivity index (χ1v) is 15.5. The summed E-state index contributed by atoms with van der Waals surface area (Å²) in [6.07, 6.45) is 1.70. The Balaban J connectivity index is 2.06. The summed E-state index contributed by atoms with van der Waals surface area (Å²) in [7, 11) is -4.21. The highest BCUT2D eigenvalue weighted by Crippen LogP contribution is 2.33. The first-order chi connectivity index (χ1) is 19.6. The maximum absolute atomic E-state index is 14.1. The van der Waals surface area contributed by atoms with E-state index in [-0.39, 0.29) is 23.0 Å². The molecule has 0 radical (unpaired) electrons. The fourth-order valence-electron chi connectivity index (χ4n) is 4.22. The van der Waals surface area contributed by atoms with Crippen LogP contribution in [0.25, 0.3) is 0 Å². The topological polar surface area (TPSA) is 96.0 Å². The minimum Gasteiger partial charge on any atom is -0.492 e. The second kappa shape index (κ2) is 14.9. The Morgan fingerprint density at radius 1 is 0.976 bits per heavy atom. The number of para-hydroxylation sites is 2. The van der Waals surface area contributed by atoms with E-state index in [1.807, 2.05) is 13.8 Å². The van der Waals surface area contributed by atoms with Crippen LogP contribution in [-0.2, 0) is 26.2 Å². The van der Waals surface area contributed by atoms with Crippen molar-refractivity contribution >= 4 is 39.1 Å². The van der Waals surface area contributed by atoms with Gasteiger partial charge in [-0.15, -0.1) is 0 Å². The molecule has 3 aromatic rings. The zero-order valence-corrected chi connectivity index (χ0v) is 25.5. The quantitative estimate of drug-likeness (QED) is 0.244. The molecule has 0 heterocycles. The largest absolute Gasteiger partial charge is 0.492 e. The molecule has 220 valence electrons. The number of carbonyl (C=O) groups excluding carboxylic acids is 2. The second-order valence-corrected chi connectivity index (χ2v) is 11.9. The maximum atomic E-state index is 14.1. The fourth-order valence-corrected chi connectivity index (χ4v) is 5.84. The number of nitrogens with zero attached hydrogens (tertiary/aromatic N) is 2. The minimum absolute atomic E-state index is 0.0202. The number of hydrogen-bond acceptors (Lipinski definition) is 5. The normalized spacial score (nSPS) is 11.9. The molecule has 0 aliphatic carbocycles. The molecule has 1 atom stereocenters. The summed E-state index contributed by atoms with van der Waals surface area (Å²) < 4.78 is 34.9. The molecule has 0 unspecified atom stereocenters. The van der Waals surface area contributed by atoms with E-state index in [1.54, 1.807) is 74.5 Å². The predicted molar refractivity (Wildman–Crippen MR) is 163 cm³/mol. The first-order valence-electron chi connectivity index (χ1n) is 13.7. The summed E-state index contributed by atoms with van der Waals surface area (Å²) in [5.74, 6) is -0.576. The molecule has 0 bridgehead atoms. The van der Waals surface area contributed by atoms with Crippen molar-refractivity contribution in [2.75, 3.05) is 24.0 Å². The molecule has 10 heteroatoms. The van der Waals surface area contributed by atoms with Crippen LogP contribution in [0.2, 0.25) is 5.02 Å². The molecule has 0 saturated carbocycles. The number of anilines is 1. The van der Waals surface area contributed by atoms with Crippen molar-refractivity contribution in [3.05, 3.63) is 88.9 Å².